The first-order valence-electron chi connectivity index (χ1n) is 16.5. The summed E-state index contributed by atoms with van der Waals surface area (Å²) in [6.07, 6.45) is 0. The van der Waals surface area contributed by atoms with E-state index in [9.17, 15) is 0 Å². The standard InChI is InChI=1S/C45H35N3/c1-45(2,3)33-24-22-30(23-25-33)34-26-27-39(36-19-11-10-18-35(34)36)40-28-29-41(38-21-13-12-20-37(38)40)44-47-42(31-14-6-4-7-15-31)46-43(48-44)32-16-8-5-9-17-32/h4-29H,1-3H3. The van der Waals surface area contributed by atoms with Gasteiger partial charge in [-0.25, -0.2) is 15.0 Å². The zero-order chi connectivity index (χ0) is 32.7. The highest BCUT2D eigenvalue weighted by atomic mass is 15.0. The summed E-state index contributed by atoms with van der Waals surface area (Å²) in [5, 5.41) is 4.73. The fourth-order valence-electron chi connectivity index (χ4n) is 6.59. The van der Waals surface area contributed by atoms with Gasteiger partial charge in [0, 0.05) is 16.7 Å². The minimum atomic E-state index is 0.116. The fraction of sp³-hybridized carbons (Fsp3) is 0.0889. The average molecular weight is 618 g/mol. The van der Waals surface area contributed by atoms with Crippen LogP contribution < -0.4 is 0 Å². The molecule has 0 saturated carbocycles. The first-order valence-corrected chi connectivity index (χ1v) is 16.5. The summed E-state index contributed by atoms with van der Waals surface area (Å²) < 4.78 is 0. The first kappa shape index (κ1) is 29.5. The third kappa shape index (κ3) is 5.44. The maximum atomic E-state index is 5.05. The number of benzene rings is 7. The summed E-state index contributed by atoms with van der Waals surface area (Å²) in [6, 6.07) is 55.6. The lowest BCUT2D eigenvalue weighted by Gasteiger charge is -2.20. The van der Waals surface area contributed by atoms with Gasteiger partial charge in [-0.15, -0.1) is 0 Å². The van der Waals surface area contributed by atoms with Crippen LogP contribution in [0.4, 0.5) is 0 Å². The van der Waals surface area contributed by atoms with Crippen molar-refractivity contribution in [3.05, 3.63) is 163 Å². The van der Waals surface area contributed by atoms with Crippen molar-refractivity contribution >= 4 is 21.5 Å². The van der Waals surface area contributed by atoms with Crippen LogP contribution in [0.5, 0.6) is 0 Å². The topological polar surface area (TPSA) is 38.7 Å². The molecule has 3 nitrogen and oxygen atoms in total. The molecule has 0 aliphatic heterocycles. The molecule has 48 heavy (non-hydrogen) atoms. The molecule has 0 spiro atoms. The molecule has 0 amide bonds. The molecule has 7 aromatic carbocycles. The van der Waals surface area contributed by atoms with E-state index in [-0.39, 0.29) is 5.41 Å². The third-order valence-corrected chi connectivity index (χ3v) is 9.14. The van der Waals surface area contributed by atoms with Crippen molar-refractivity contribution in [3.8, 4) is 56.4 Å². The second-order valence-electron chi connectivity index (χ2n) is 13.3. The monoisotopic (exact) mass is 617 g/mol. The molecule has 0 saturated heterocycles. The highest BCUT2D eigenvalue weighted by Crippen LogP contribution is 2.41. The summed E-state index contributed by atoms with van der Waals surface area (Å²) in [5.41, 5.74) is 9.19. The van der Waals surface area contributed by atoms with Crippen molar-refractivity contribution in [1.29, 1.82) is 0 Å². The number of fused-ring (bicyclic) bond motifs is 2. The molecule has 0 aliphatic carbocycles. The number of hydrogen-bond donors (Lipinski definition) is 0. The maximum Gasteiger partial charge on any atom is 0.164 e. The number of hydrogen-bond acceptors (Lipinski definition) is 3. The smallest absolute Gasteiger partial charge is 0.164 e. The normalized spacial score (nSPS) is 11.6. The second-order valence-corrected chi connectivity index (χ2v) is 13.3. The molecule has 8 aromatic rings. The van der Waals surface area contributed by atoms with E-state index in [2.05, 4.69) is 118 Å². The van der Waals surface area contributed by atoms with Crippen LogP contribution >= 0.6 is 0 Å². The lowest BCUT2D eigenvalue weighted by molar-refractivity contribution is 0.590. The molecule has 0 radical (unpaired) electrons. The van der Waals surface area contributed by atoms with E-state index in [1.165, 1.54) is 38.6 Å². The van der Waals surface area contributed by atoms with E-state index in [0.717, 1.165) is 27.5 Å². The molecule has 1 aromatic heterocycles. The van der Waals surface area contributed by atoms with E-state index >= 15 is 0 Å². The third-order valence-electron chi connectivity index (χ3n) is 9.14. The van der Waals surface area contributed by atoms with Gasteiger partial charge >= 0.3 is 0 Å². The maximum absolute atomic E-state index is 5.05. The van der Waals surface area contributed by atoms with Crippen LogP contribution in [0.25, 0.3) is 78.0 Å². The average Bonchev–Trinajstić information content (AvgIpc) is 3.14. The summed E-state index contributed by atoms with van der Waals surface area (Å²) in [7, 11) is 0. The highest BCUT2D eigenvalue weighted by molar-refractivity contribution is 6.11. The second kappa shape index (κ2) is 12.0. The Morgan fingerprint density at radius 2 is 0.688 bits per heavy atom. The van der Waals surface area contributed by atoms with Crippen LogP contribution in [0.2, 0.25) is 0 Å². The Morgan fingerprint density at radius 1 is 0.312 bits per heavy atom. The van der Waals surface area contributed by atoms with Crippen LogP contribution in [-0.2, 0) is 5.41 Å². The lowest BCUT2D eigenvalue weighted by Crippen LogP contribution is -2.10. The zero-order valence-electron chi connectivity index (χ0n) is 27.4. The van der Waals surface area contributed by atoms with Crippen molar-refractivity contribution in [2.75, 3.05) is 0 Å². The molecular weight excluding hydrogens is 583 g/mol. The predicted octanol–water partition coefficient (Wildman–Crippen LogP) is 11.8. The van der Waals surface area contributed by atoms with Gasteiger partial charge in [-0.2, -0.15) is 0 Å². The van der Waals surface area contributed by atoms with Crippen LogP contribution in [0.1, 0.15) is 26.3 Å². The number of aromatic nitrogens is 3. The van der Waals surface area contributed by atoms with Gasteiger partial charge in [0.05, 0.1) is 0 Å². The number of rotatable bonds is 5. The van der Waals surface area contributed by atoms with Crippen molar-refractivity contribution in [1.82, 2.24) is 15.0 Å². The van der Waals surface area contributed by atoms with E-state index < -0.39 is 0 Å². The van der Waals surface area contributed by atoms with E-state index in [0.29, 0.717) is 17.5 Å². The molecule has 3 heteroatoms. The summed E-state index contributed by atoms with van der Waals surface area (Å²) in [6.45, 7) is 6.77. The van der Waals surface area contributed by atoms with Gasteiger partial charge in [-0.05, 0) is 60.8 Å². The SMILES string of the molecule is CC(C)(C)c1ccc(-c2ccc(-c3ccc(-c4nc(-c5ccccc5)nc(-c5ccccc5)n4)c4ccccc34)c3ccccc23)cc1. The van der Waals surface area contributed by atoms with Crippen LogP contribution in [0.3, 0.4) is 0 Å². The first-order chi connectivity index (χ1) is 23.4. The van der Waals surface area contributed by atoms with Crippen molar-refractivity contribution < 1.29 is 0 Å². The fourth-order valence-corrected chi connectivity index (χ4v) is 6.59. The van der Waals surface area contributed by atoms with E-state index in [1.54, 1.807) is 0 Å². The van der Waals surface area contributed by atoms with Crippen LogP contribution in [0, 0.1) is 0 Å². The molecule has 1 heterocycles. The molecule has 8 rings (SSSR count). The largest absolute Gasteiger partial charge is 0.208 e. The van der Waals surface area contributed by atoms with Gasteiger partial charge in [0.2, 0.25) is 0 Å². The quantitative estimate of drug-likeness (QED) is 0.193. The van der Waals surface area contributed by atoms with Gasteiger partial charge in [0.25, 0.3) is 0 Å². The Morgan fingerprint density at radius 3 is 1.17 bits per heavy atom. The van der Waals surface area contributed by atoms with E-state index in [1.807, 2.05) is 60.7 Å². The molecule has 0 bridgehead atoms. The Balaban J connectivity index is 1.29. The molecule has 0 atom stereocenters. The molecule has 230 valence electrons. The molecular formula is C45H35N3. The van der Waals surface area contributed by atoms with E-state index in [4.69, 9.17) is 15.0 Å². The van der Waals surface area contributed by atoms with Crippen molar-refractivity contribution in [3.63, 3.8) is 0 Å². The summed E-state index contributed by atoms with van der Waals surface area (Å²) in [4.78, 5) is 15.0. The van der Waals surface area contributed by atoms with Gasteiger partial charge in [-0.1, -0.05) is 172 Å². The highest BCUT2D eigenvalue weighted by Gasteiger charge is 2.18. The van der Waals surface area contributed by atoms with Gasteiger partial charge in [0.1, 0.15) is 0 Å². The van der Waals surface area contributed by atoms with Gasteiger partial charge in [-0.3, -0.25) is 0 Å². The zero-order valence-corrected chi connectivity index (χ0v) is 27.4. The van der Waals surface area contributed by atoms with Gasteiger partial charge < -0.3 is 0 Å². The Labute approximate surface area is 281 Å². The summed E-state index contributed by atoms with van der Waals surface area (Å²) in [5.74, 6) is 1.97. The van der Waals surface area contributed by atoms with Crippen molar-refractivity contribution in [2.45, 2.75) is 26.2 Å². The summed E-state index contributed by atoms with van der Waals surface area (Å²) >= 11 is 0. The minimum Gasteiger partial charge on any atom is -0.208 e. The lowest BCUT2D eigenvalue weighted by atomic mass is 9.85. The minimum absolute atomic E-state index is 0.116. The predicted molar refractivity (Wildman–Crippen MR) is 201 cm³/mol. The molecule has 0 N–H and O–H groups in total. The molecule has 0 unspecified atom stereocenters. The van der Waals surface area contributed by atoms with Crippen molar-refractivity contribution in [2.24, 2.45) is 0 Å². The Kier molecular flexibility index (Phi) is 7.38. The Hall–Kier alpha value is -5.93. The van der Waals surface area contributed by atoms with Crippen LogP contribution in [-0.4, -0.2) is 15.0 Å². The molecule has 0 aliphatic rings. The van der Waals surface area contributed by atoms with Crippen LogP contribution in [0.15, 0.2) is 158 Å². The molecule has 0 fully saturated rings. The number of nitrogens with zero attached hydrogens (tertiary/aromatic N) is 3. The van der Waals surface area contributed by atoms with Gasteiger partial charge in [0.15, 0.2) is 17.5 Å². The Bertz CT molecular complexity index is 2350.